The van der Waals surface area contributed by atoms with Crippen molar-refractivity contribution in [3.8, 4) is 0 Å². The molecular weight excluding hydrogens is 186 g/mol. The van der Waals surface area contributed by atoms with Crippen molar-refractivity contribution >= 4 is 0 Å². The maximum absolute atomic E-state index is 6.19. The molecule has 0 bridgehead atoms. The van der Waals surface area contributed by atoms with Crippen LogP contribution in [0.1, 0.15) is 46.5 Å². The van der Waals surface area contributed by atoms with Crippen LogP contribution in [0, 0.1) is 11.8 Å². The second-order valence-corrected chi connectivity index (χ2v) is 5.79. The number of morpholine rings is 1. The Hall–Kier alpha value is -0.0800. The van der Waals surface area contributed by atoms with E-state index in [2.05, 4.69) is 26.1 Å². The van der Waals surface area contributed by atoms with Crippen molar-refractivity contribution in [2.45, 2.75) is 58.1 Å². The highest BCUT2D eigenvalue weighted by molar-refractivity contribution is 5.00. The highest BCUT2D eigenvalue weighted by Gasteiger charge is 2.45. The van der Waals surface area contributed by atoms with Gasteiger partial charge in [-0.15, -0.1) is 0 Å². The van der Waals surface area contributed by atoms with E-state index in [9.17, 15) is 0 Å². The summed E-state index contributed by atoms with van der Waals surface area (Å²) in [5, 5.41) is 3.67. The van der Waals surface area contributed by atoms with Gasteiger partial charge in [-0.2, -0.15) is 0 Å². The molecule has 2 nitrogen and oxygen atoms in total. The highest BCUT2D eigenvalue weighted by Crippen LogP contribution is 2.40. The monoisotopic (exact) mass is 211 g/mol. The number of hydrogen-bond acceptors (Lipinski definition) is 2. The summed E-state index contributed by atoms with van der Waals surface area (Å²) in [6.07, 6.45) is 5.23. The molecule has 2 fully saturated rings. The first-order chi connectivity index (χ1) is 7.14. The maximum Gasteiger partial charge on any atom is 0.0840 e. The zero-order valence-electron chi connectivity index (χ0n) is 10.4. The van der Waals surface area contributed by atoms with Crippen LogP contribution < -0.4 is 5.32 Å². The molecule has 3 atom stereocenters. The Morgan fingerprint density at radius 2 is 2.20 bits per heavy atom. The summed E-state index contributed by atoms with van der Waals surface area (Å²) in [7, 11) is 0. The summed E-state index contributed by atoms with van der Waals surface area (Å²) in [6.45, 7) is 8.92. The van der Waals surface area contributed by atoms with Crippen LogP contribution in [0.3, 0.4) is 0 Å². The second-order valence-electron chi connectivity index (χ2n) is 5.79. The summed E-state index contributed by atoms with van der Waals surface area (Å²) >= 11 is 0. The summed E-state index contributed by atoms with van der Waals surface area (Å²) in [4.78, 5) is 0. The number of hydrogen-bond donors (Lipinski definition) is 1. The van der Waals surface area contributed by atoms with Crippen molar-refractivity contribution in [3.63, 3.8) is 0 Å². The van der Waals surface area contributed by atoms with Crippen molar-refractivity contribution in [3.05, 3.63) is 0 Å². The van der Waals surface area contributed by atoms with Gasteiger partial charge in [-0.05, 0) is 24.7 Å². The third-order valence-electron chi connectivity index (χ3n) is 4.08. The quantitative estimate of drug-likeness (QED) is 0.720. The van der Waals surface area contributed by atoms with Crippen LogP contribution >= 0.6 is 0 Å². The lowest BCUT2D eigenvalue weighted by molar-refractivity contribution is -0.135. The Morgan fingerprint density at radius 3 is 2.87 bits per heavy atom. The molecular formula is C13H25NO. The van der Waals surface area contributed by atoms with Crippen LogP contribution in [0.5, 0.6) is 0 Å². The van der Waals surface area contributed by atoms with Gasteiger partial charge in [0.1, 0.15) is 0 Å². The van der Waals surface area contributed by atoms with Crippen molar-refractivity contribution in [2.75, 3.05) is 13.2 Å². The molecule has 0 aromatic carbocycles. The first kappa shape index (κ1) is 11.4. The van der Waals surface area contributed by atoms with Gasteiger partial charge in [-0.1, -0.05) is 33.6 Å². The van der Waals surface area contributed by atoms with E-state index in [-0.39, 0.29) is 5.60 Å². The molecule has 2 heteroatoms. The summed E-state index contributed by atoms with van der Waals surface area (Å²) < 4.78 is 6.19. The van der Waals surface area contributed by atoms with Crippen molar-refractivity contribution in [2.24, 2.45) is 11.8 Å². The average Bonchev–Trinajstić information content (AvgIpc) is 2.17. The molecule has 0 amide bonds. The second kappa shape index (κ2) is 4.42. The van der Waals surface area contributed by atoms with Crippen LogP contribution in [0.2, 0.25) is 0 Å². The molecule has 1 saturated heterocycles. The average molecular weight is 211 g/mol. The van der Waals surface area contributed by atoms with Gasteiger partial charge in [0, 0.05) is 12.6 Å². The topological polar surface area (TPSA) is 21.3 Å². The predicted molar refractivity (Wildman–Crippen MR) is 62.9 cm³/mol. The van der Waals surface area contributed by atoms with Gasteiger partial charge in [-0.3, -0.25) is 0 Å². The summed E-state index contributed by atoms with van der Waals surface area (Å²) in [6, 6.07) is 0.564. The zero-order valence-corrected chi connectivity index (χ0v) is 10.4. The normalized spacial score (nSPS) is 42.4. The van der Waals surface area contributed by atoms with E-state index in [0.29, 0.717) is 12.0 Å². The molecule has 1 aliphatic heterocycles. The van der Waals surface area contributed by atoms with Gasteiger partial charge in [0.25, 0.3) is 0 Å². The van der Waals surface area contributed by atoms with Crippen molar-refractivity contribution in [1.82, 2.24) is 5.32 Å². The largest absolute Gasteiger partial charge is 0.372 e. The van der Waals surface area contributed by atoms with Crippen LogP contribution in [0.15, 0.2) is 0 Å². The highest BCUT2D eigenvalue weighted by atomic mass is 16.5. The van der Waals surface area contributed by atoms with Crippen LogP contribution in [0.4, 0.5) is 0 Å². The van der Waals surface area contributed by atoms with Gasteiger partial charge in [-0.25, -0.2) is 0 Å². The summed E-state index contributed by atoms with van der Waals surface area (Å²) in [5.41, 5.74) is 0.157. The van der Waals surface area contributed by atoms with Gasteiger partial charge in [0.05, 0.1) is 12.2 Å². The van der Waals surface area contributed by atoms with E-state index in [1.807, 2.05) is 0 Å². The van der Waals surface area contributed by atoms with E-state index >= 15 is 0 Å². The van der Waals surface area contributed by atoms with E-state index in [1.165, 1.54) is 25.7 Å². The minimum atomic E-state index is 0.157. The lowest BCUT2D eigenvalue weighted by atomic mass is 9.71. The molecule has 88 valence electrons. The van der Waals surface area contributed by atoms with Gasteiger partial charge >= 0.3 is 0 Å². The first-order valence-corrected chi connectivity index (χ1v) is 6.51. The SMILES string of the molecule is CC1CCCC2(C1)OCCNC2C(C)C. The van der Waals surface area contributed by atoms with E-state index in [0.717, 1.165) is 19.1 Å². The molecule has 0 radical (unpaired) electrons. The number of ether oxygens (including phenoxy) is 1. The van der Waals surface area contributed by atoms with Gasteiger partial charge in [0.15, 0.2) is 0 Å². The number of nitrogens with one attached hydrogen (secondary N) is 1. The standard InChI is InChI=1S/C13H25NO/c1-10(2)12-13(15-8-7-14-12)6-4-5-11(3)9-13/h10-12,14H,4-9H2,1-3H3. The molecule has 1 N–H and O–H groups in total. The third kappa shape index (κ3) is 2.21. The maximum atomic E-state index is 6.19. The molecule has 15 heavy (non-hydrogen) atoms. The smallest absolute Gasteiger partial charge is 0.0840 e. The Labute approximate surface area is 93.8 Å². The summed E-state index contributed by atoms with van der Waals surface area (Å²) in [5.74, 6) is 1.51. The minimum Gasteiger partial charge on any atom is -0.372 e. The van der Waals surface area contributed by atoms with Crippen LogP contribution in [-0.2, 0) is 4.74 Å². The van der Waals surface area contributed by atoms with E-state index in [1.54, 1.807) is 0 Å². The molecule has 1 saturated carbocycles. The van der Waals surface area contributed by atoms with E-state index in [4.69, 9.17) is 4.74 Å². The lowest BCUT2D eigenvalue weighted by Crippen LogP contribution is -2.61. The minimum absolute atomic E-state index is 0.157. The Kier molecular flexibility index (Phi) is 3.36. The van der Waals surface area contributed by atoms with Crippen LogP contribution in [0.25, 0.3) is 0 Å². The molecule has 2 rings (SSSR count). The van der Waals surface area contributed by atoms with Gasteiger partial charge in [0.2, 0.25) is 0 Å². The molecule has 2 aliphatic rings. The van der Waals surface area contributed by atoms with Crippen LogP contribution in [-0.4, -0.2) is 24.8 Å². The Morgan fingerprint density at radius 1 is 1.40 bits per heavy atom. The molecule has 0 aromatic rings. The fourth-order valence-electron chi connectivity index (χ4n) is 3.54. The van der Waals surface area contributed by atoms with Crippen molar-refractivity contribution < 1.29 is 4.74 Å². The lowest BCUT2D eigenvalue weighted by Gasteiger charge is -2.50. The van der Waals surface area contributed by atoms with Crippen molar-refractivity contribution in [1.29, 1.82) is 0 Å². The first-order valence-electron chi connectivity index (χ1n) is 6.51. The molecule has 0 aromatic heterocycles. The molecule has 1 heterocycles. The fraction of sp³-hybridized carbons (Fsp3) is 1.00. The van der Waals surface area contributed by atoms with Gasteiger partial charge < -0.3 is 10.1 Å². The Balaban J connectivity index is 2.13. The molecule has 3 unspecified atom stereocenters. The Bertz CT molecular complexity index is 213. The zero-order chi connectivity index (χ0) is 10.9. The predicted octanol–water partition coefficient (Wildman–Crippen LogP) is 2.58. The number of rotatable bonds is 1. The molecule has 1 spiro atoms. The van der Waals surface area contributed by atoms with E-state index < -0.39 is 0 Å². The third-order valence-corrected chi connectivity index (χ3v) is 4.08. The molecule has 1 aliphatic carbocycles. The fourth-order valence-corrected chi connectivity index (χ4v) is 3.54.